The average Bonchev–Trinajstić information content (AvgIpc) is 3.08. The summed E-state index contributed by atoms with van der Waals surface area (Å²) < 4.78 is 85.6. The summed E-state index contributed by atoms with van der Waals surface area (Å²) in [5.41, 5.74) is 4.06. The Balaban J connectivity index is 1.96. The highest BCUT2D eigenvalue weighted by atomic mass is 19.4. The Morgan fingerprint density at radius 2 is 1.75 bits per heavy atom. The SMILES string of the molecule is Nc1nccnc1-c1noc(-c2ccc(OCC(F)(F)F)c(C(F)(F)F)c2)n1. The average molecular weight is 405 g/mol. The van der Waals surface area contributed by atoms with Gasteiger partial charge in [-0.15, -0.1) is 0 Å². The van der Waals surface area contributed by atoms with Crippen LogP contribution in [-0.4, -0.2) is 32.9 Å². The van der Waals surface area contributed by atoms with Crippen molar-refractivity contribution in [1.82, 2.24) is 20.1 Å². The second-order valence-corrected chi connectivity index (χ2v) is 5.33. The van der Waals surface area contributed by atoms with Gasteiger partial charge in [-0.25, -0.2) is 9.97 Å². The molecule has 1 aromatic carbocycles. The van der Waals surface area contributed by atoms with Crippen molar-refractivity contribution in [2.45, 2.75) is 12.4 Å². The number of anilines is 1. The Morgan fingerprint density at radius 1 is 1.04 bits per heavy atom. The number of aromatic nitrogens is 4. The number of nitrogens with two attached hydrogens (primary N) is 1. The molecule has 28 heavy (non-hydrogen) atoms. The number of benzene rings is 1. The molecule has 7 nitrogen and oxygen atoms in total. The molecule has 0 aliphatic heterocycles. The van der Waals surface area contributed by atoms with Crippen molar-refractivity contribution in [3.63, 3.8) is 0 Å². The Bertz CT molecular complexity index is 986. The fraction of sp³-hybridized carbons (Fsp3) is 0.200. The van der Waals surface area contributed by atoms with E-state index in [1.54, 1.807) is 0 Å². The Morgan fingerprint density at radius 3 is 2.39 bits per heavy atom. The van der Waals surface area contributed by atoms with Gasteiger partial charge in [-0.2, -0.15) is 31.3 Å². The van der Waals surface area contributed by atoms with Gasteiger partial charge in [0.1, 0.15) is 5.75 Å². The smallest absolute Gasteiger partial charge is 0.422 e. The summed E-state index contributed by atoms with van der Waals surface area (Å²) >= 11 is 0. The molecule has 0 fully saturated rings. The van der Waals surface area contributed by atoms with E-state index in [2.05, 4.69) is 24.8 Å². The number of alkyl halides is 6. The van der Waals surface area contributed by atoms with E-state index in [4.69, 9.17) is 10.3 Å². The first-order valence-corrected chi connectivity index (χ1v) is 7.36. The zero-order valence-corrected chi connectivity index (χ0v) is 13.5. The van der Waals surface area contributed by atoms with Crippen molar-refractivity contribution in [3.05, 3.63) is 36.2 Å². The van der Waals surface area contributed by atoms with Crippen LogP contribution < -0.4 is 10.5 Å². The largest absolute Gasteiger partial charge is 0.483 e. The van der Waals surface area contributed by atoms with Crippen molar-refractivity contribution >= 4 is 5.82 Å². The van der Waals surface area contributed by atoms with Gasteiger partial charge in [-0.3, -0.25) is 0 Å². The van der Waals surface area contributed by atoms with Gasteiger partial charge in [0.25, 0.3) is 5.89 Å². The second kappa shape index (κ2) is 6.98. The molecular formula is C15H9F6N5O2. The zero-order chi connectivity index (χ0) is 20.5. The Hall–Kier alpha value is -3.38. The summed E-state index contributed by atoms with van der Waals surface area (Å²) in [6.07, 6.45) is -7.15. The van der Waals surface area contributed by atoms with Gasteiger partial charge in [0.2, 0.25) is 5.82 Å². The van der Waals surface area contributed by atoms with Crippen molar-refractivity contribution in [1.29, 1.82) is 0 Å². The predicted octanol–water partition coefficient (Wildman–Crippen LogP) is 3.74. The van der Waals surface area contributed by atoms with E-state index in [0.717, 1.165) is 12.1 Å². The molecule has 2 N–H and O–H groups in total. The first kappa shape index (κ1) is 19.4. The number of hydrogen-bond acceptors (Lipinski definition) is 7. The standard InChI is InChI=1S/C15H9F6N5O2/c16-14(17,18)6-27-9-2-1-7(5-8(9)15(19,20)21)13-25-12(26-28-13)10-11(22)24-4-3-23-10/h1-5H,6H2,(H2,22,24). The van der Waals surface area contributed by atoms with E-state index in [-0.39, 0.29) is 28.8 Å². The van der Waals surface area contributed by atoms with Crippen LogP contribution in [0.2, 0.25) is 0 Å². The number of nitrogen functional groups attached to an aromatic ring is 1. The van der Waals surface area contributed by atoms with Crippen LogP contribution in [-0.2, 0) is 6.18 Å². The van der Waals surface area contributed by atoms with Crippen molar-refractivity contribution in [3.8, 4) is 28.7 Å². The van der Waals surface area contributed by atoms with Gasteiger partial charge in [0.05, 0.1) is 5.56 Å². The number of rotatable bonds is 4. The van der Waals surface area contributed by atoms with E-state index < -0.39 is 30.3 Å². The molecule has 3 rings (SSSR count). The van der Waals surface area contributed by atoms with E-state index in [9.17, 15) is 26.3 Å². The highest BCUT2D eigenvalue weighted by Crippen LogP contribution is 2.39. The molecule has 0 amide bonds. The third-order valence-corrected chi connectivity index (χ3v) is 3.29. The monoisotopic (exact) mass is 405 g/mol. The van der Waals surface area contributed by atoms with Gasteiger partial charge in [-0.05, 0) is 18.2 Å². The molecule has 3 aromatic rings. The van der Waals surface area contributed by atoms with Crippen LogP contribution >= 0.6 is 0 Å². The number of halogens is 6. The lowest BCUT2D eigenvalue weighted by Gasteiger charge is -2.15. The molecule has 0 bridgehead atoms. The summed E-state index contributed by atoms with van der Waals surface area (Å²) in [4.78, 5) is 11.6. The minimum atomic E-state index is -4.98. The third-order valence-electron chi connectivity index (χ3n) is 3.29. The Labute approximate surface area is 152 Å². The molecule has 148 valence electrons. The van der Waals surface area contributed by atoms with Gasteiger partial charge in [0.15, 0.2) is 18.1 Å². The first-order valence-electron chi connectivity index (χ1n) is 7.36. The van der Waals surface area contributed by atoms with Crippen molar-refractivity contribution in [2.24, 2.45) is 0 Å². The topological polar surface area (TPSA) is 100.0 Å². The zero-order valence-electron chi connectivity index (χ0n) is 13.5. The molecule has 2 aromatic heterocycles. The van der Waals surface area contributed by atoms with Crippen LogP contribution in [0.15, 0.2) is 35.1 Å². The number of nitrogens with zero attached hydrogens (tertiary/aromatic N) is 4. The summed E-state index contributed by atoms with van der Waals surface area (Å²) in [5, 5.41) is 3.58. The summed E-state index contributed by atoms with van der Waals surface area (Å²) in [6, 6.07) is 2.34. The lowest BCUT2D eigenvalue weighted by molar-refractivity contribution is -0.158. The first-order chi connectivity index (χ1) is 13.0. The lowest BCUT2D eigenvalue weighted by Crippen LogP contribution is -2.20. The quantitative estimate of drug-likeness (QED) is 0.660. The van der Waals surface area contributed by atoms with Gasteiger partial charge in [0, 0.05) is 18.0 Å². The maximum absolute atomic E-state index is 13.2. The van der Waals surface area contributed by atoms with E-state index in [0.29, 0.717) is 6.07 Å². The molecule has 0 unspecified atom stereocenters. The maximum atomic E-state index is 13.2. The highest BCUT2D eigenvalue weighted by molar-refractivity contribution is 5.65. The van der Waals surface area contributed by atoms with Gasteiger partial charge >= 0.3 is 12.4 Å². The van der Waals surface area contributed by atoms with Gasteiger partial charge in [-0.1, -0.05) is 5.16 Å². The van der Waals surface area contributed by atoms with Crippen LogP contribution in [0.25, 0.3) is 23.0 Å². The third kappa shape index (κ3) is 4.29. The summed E-state index contributed by atoms with van der Waals surface area (Å²) in [7, 11) is 0. The van der Waals surface area contributed by atoms with Gasteiger partial charge < -0.3 is 15.0 Å². The van der Waals surface area contributed by atoms with Crippen molar-refractivity contribution < 1.29 is 35.6 Å². The van der Waals surface area contributed by atoms with Crippen LogP contribution in [0.5, 0.6) is 5.75 Å². The van der Waals surface area contributed by atoms with Crippen LogP contribution in [0.4, 0.5) is 32.2 Å². The molecule has 0 saturated heterocycles. The van der Waals surface area contributed by atoms with E-state index in [1.165, 1.54) is 12.4 Å². The molecule has 0 aliphatic rings. The maximum Gasteiger partial charge on any atom is 0.422 e. The minimum absolute atomic E-state index is 0.0262. The molecule has 0 aliphatic carbocycles. The number of hydrogen-bond donors (Lipinski definition) is 1. The van der Waals surface area contributed by atoms with E-state index in [1.807, 2.05) is 0 Å². The molecule has 2 heterocycles. The van der Waals surface area contributed by atoms with E-state index >= 15 is 0 Å². The summed E-state index contributed by atoms with van der Waals surface area (Å²) in [5.74, 6) is -1.45. The van der Waals surface area contributed by atoms with Crippen molar-refractivity contribution in [2.75, 3.05) is 12.3 Å². The fourth-order valence-electron chi connectivity index (χ4n) is 2.13. The molecule has 0 saturated carbocycles. The Kier molecular flexibility index (Phi) is 4.83. The fourth-order valence-corrected chi connectivity index (χ4v) is 2.13. The summed E-state index contributed by atoms with van der Waals surface area (Å²) in [6.45, 7) is -1.87. The number of ether oxygens (including phenoxy) is 1. The minimum Gasteiger partial charge on any atom is -0.483 e. The molecule has 13 heteroatoms. The second-order valence-electron chi connectivity index (χ2n) is 5.33. The van der Waals surface area contributed by atoms with Crippen LogP contribution in [0.3, 0.4) is 0 Å². The molecule has 0 radical (unpaired) electrons. The molecule has 0 spiro atoms. The predicted molar refractivity (Wildman–Crippen MR) is 81.7 cm³/mol. The van der Waals surface area contributed by atoms with Crippen LogP contribution in [0.1, 0.15) is 5.56 Å². The molecule has 0 atom stereocenters. The normalized spacial score (nSPS) is 12.2. The highest BCUT2D eigenvalue weighted by Gasteiger charge is 2.37. The molecular weight excluding hydrogens is 396 g/mol. The lowest BCUT2D eigenvalue weighted by atomic mass is 10.1. The van der Waals surface area contributed by atoms with Crippen LogP contribution in [0, 0.1) is 0 Å².